The lowest BCUT2D eigenvalue weighted by Gasteiger charge is -2.28. The average Bonchev–Trinajstić information content (AvgIpc) is 3.67. The van der Waals surface area contributed by atoms with Crippen LogP contribution in [0.3, 0.4) is 0 Å². The van der Waals surface area contributed by atoms with Crippen LogP contribution in [-0.2, 0) is 30.4 Å². The number of halogens is 3. The second kappa shape index (κ2) is 11.8. The van der Waals surface area contributed by atoms with Crippen LogP contribution in [0.15, 0.2) is 53.4 Å². The number of rotatable bonds is 6. The van der Waals surface area contributed by atoms with E-state index in [0.717, 1.165) is 42.7 Å². The minimum atomic E-state index is -5.08. The highest BCUT2D eigenvalue weighted by molar-refractivity contribution is 7.92. The van der Waals surface area contributed by atoms with Gasteiger partial charge in [-0.2, -0.15) is 13.2 Å². The van der Waals surface area contributed by atoms with Crippen molar-refractivity contribution in [3.63, 3.8) is 0 Å². The van der Waals surface area contributed by atoms with Gasteiger partial charge in [0.05, 0.1) is 10.3 Å². The van der Waals surface area contributed by atoms with E-state index >= 15 is 0 Å². The Balaban J connectivity index is 0.000000559. The highest BCUT2D eigenvalue weighted by atomic mass is 32.2. The highest BCUT2D eigenvalue weighted by Gasteiger charge is 2.51. The molecule has 0 aliphatic heterocycles. The van der Waals surface area contributed by atoms with Crippen molar-refractivity contribution >= 4 is 27.6 Å². The SMILES string of the molecule is CC1CCC(NC(=O)C2(c3ccc(NS(=O)(=O)c4ccc(C(C)(C)C)cc4)cc3)CC2)CC1.O=C(O)C(F)(F)F. The number of alkyl halides is 3. The minimum Gasteiger partial charge on any atom is -0.475 e. The highest BCUT2D eigenvalue weighted by Crippen LogP contribution is 2.49. The third-order valence-corrected chi connectivity index (χ3v) is 8.90. The first-order chi connectivity index (χ1) is 18.4. The van der Waals surface area contributed by atoms with Gasteiger partial charge in [-0.25, -0.2) is 13.2 Å². The Labute approximate surface area is 233 Å². The number of hydrogen-bond acceptors (Lipinski definition) is 4. The zero-order chi connectivity index (χ0) is 29.9. The summed E-state index contributed by atoms with van der Waals surface area (Å²) >= 11 is 0. The van der Waals surface area contributed by atoms with Crippen molar-refractivity contribution in [2.24, 2.45) is 5.92 Å². The number of carbonyl (C=O) groups excluding carboxylic acids is 1. The molecule has 2 aromatic rings. The number of hydrogen-bond donors (Lipinski definition) is 3. The second-order valence-corrected chi connectivity index (χ2v) is 13.5. The molecule has 11 heteroatoms. The Morgan fingerprint density at radius 2 is 1.40 bits per heavy atom. The first kappa shape index (κ1) is 31.4. The number of carbonyl (C=O) groups is 2. The largest absolute Gasteiger partial charge is 0.490 e. The molecule has 0 radical (unpaired) electrons. The maximum absolute atomic E-state index is 13.1. The van der Waals surface area contributed by atoms with Gasteiger partial charge in [0.1, 0.15) is 0 Å². The molecule has 0 heterocycles. The first-order valence-corrected chi connectivity index (χ1v) is 14.8. The molecule has 0 atom stereocenters. The summed E-state index contributed by atoms with van der Waals surface area (Å²) in [5, 5.41) is 10.4. The van der Waals surface area contributed by atoms with Gasteiger partial charge in [-0.1, -0.05) is 52.0 Å². The van der Waals surface area contributed by atoms with Crippen molar-refractivity contribution < 1.29 is 36.3 Å². The van der Waals surface area contributed by atoms with Crippen LogP contribution in [0.5, 0.6) is 0 Å². The van der Waals surface area contributed by atoms with Crippen molar-refractivity contribution in [2.75, 3.05) is 4.72 Å². The van der Waals surface area contributed by atoms with E-state index in [2.05, 4.69) is 37.7 Å². The number of benzene rings is 2. The summed E-state index contributed by atoms with van der Waals surface area (Å²) in [6.45, 7) is 8.56. The first-order valence-electron chi connectivity index (χ1n) is 13.3. The maximum atomic E-state index is 13.1. The molecule has 2 aliphatic rings. The van der Waals surface area contributed by atoms with E-state index in [-0.39, 0.29) is 22.3 Å². The fourth-order valence-corrected chi connectivity index (χ4v) is 5.76. The fraction of sp³-hybridized carbons (Fsp3) is 0.517. The van der Waals surface area contributed by atoms with Gasteiger partial charge in [0, 0.05) is 11.7 Å². The number of carboxylic acids is 1. The molecule has 3 N–H and O–H groups in total. The Bertz CT molecular complexity index is 1290. The van der Waals surface area contributed by atoms with Crippen molar-refractivity contribution in [2.45, 2.75) is 94.2 Å². The predicted octanol–water partition coefficient (Wildman–Crippen LogP) is 6.14. The predicted molar refractivity (Wildman–Crippen MR) is 147 cm³/mol. The molecule has 220 valence electrons. The summed E-state index contributed by atoms with van der Waals surface area (Å²) < 4.78 is 60.1. The number of aliphatic carboxylic acids is 1. The van der Waals surface area contributed by atoms with Crippen LogP contribution in [-0.4, -0.2) is 37.6 Å². The molecule has 40 heavy (non-hydrogen) atoms. The number of carboxylic acid groups (broad SMARTS) is 1. The van der Waals surface area contributed by atoms with Crippen molar-refractivity contribution in [3.05, 3.63) is 59.7 Å². The lowest BCUT2D eigenvalue weighted by molar-refractivity contribution is -0.192. The summed E-state index contributed by atoms with van der Waals surface area (Å²) in [7, 11) is -3.68. The monoisotopic (exact) mass is 582 g/mol. The van der Waals surface area contributed by atoms with Crippen molar-refractivity contribution in [1.82, 2.24) is 5.32 Å². The molecule has 0 saturated heterocycles. The summed E-state index contributed by atoms with van der Waals surface area (Å²) in [5.41, 5.74) is 2.05. The molecule has 0 unspecified atom stereocenters. The molecule has 0 aromatic heterocycles. The van der Waals surface area contributed by atoms with Crippen LogP contribution in [0.1, 0.15) is 77.3 Å². The van der Waals surface area contributed by atoms with Gasteiger partial charge in [0.2, 0.25) is 5.91 Å². The van der Waals surface area contributed by atoms with Gasteiger partial charge in [-0.15, -0.1) is 0 Å². The van der Waals surface area contributed by atoms with E-state index in [9.17, 15) is 26.4 Å². The van der Waals surface area contributed by atoms with Gasteiger partial charge in [-0.3, -0.25) is 9.52 Å². The lowest BCUT2D eigenvalue weighted by Crippen LogP contribution is -2.43. The number of sulfonamides is 1. The fourth-order valence-electron chi connectivity index (χ4n) is 4.71. The smallest absolute Gasteiger partial charge is 0.475 e. The van der Waals surface area contributed by atoms with Crippen LogP contribution in [0.2, 0.25) is 0 Å². The van der Waals surface area contributed by atoms with Gasteiger partial charge in [-0.05, 0) is 85.3 Å². The lowest BCUT2D eigenvalue weighted by atomic mass is 9.86. The van der Waals surface area contributed by atoms with E-state index in [1.807, 2.05) is 24.3 Å². The van der Waals surface area contributed by atoms with Crippen molar-refractivity contribution in [3.8, 4) is 0 Å². The van der Waals surface area contributed by atoms with E-state index in [4.69, 9.17) is 9.90 Å². The molecule has 0 spiro atoms. The van der Waals surface area contributed by atoms with E-state index in [1.165, 1.54) is 12.8 Å². The summed E-state index contributed by atoms with van der Waals surface area (Å²) in [6, 6.07) is 14.6. The summed E-state index contributed by atoms with van der Waals surface area (Å²) in [5.74, 6) is -1.89. The van der Waals surface area contributed by atoms with Gasteiger partial charge < -0.3 is 10.4 Å². The Hall–Kier alpha value is -3.08. The number of nitrogens with one attached hydrogen (secondary N) is 2. The molecule has 4 rings (SSSR count). The zero-order valence-corrected chi connectivity index (χ0v) is 24.0. The molecule has 1 amide bonds. The minimum absolute atomic E-state index is 0.0357. The van der Waals surface area contributed by atoms with E-state index in [0.29, 0.717) is 5.69 Å². The maximum Gasteiger partial charge on any atom is 0.490 e. The molecule has 0 bridgehead atoms. The van der Waals surface area contributed by atoms with Crippen LogP contribution in [0, 0.1) is 5.92 Å². The van der Waals surface area contributed by atoms with Crippen LogP contribution in [0.4, 0.5) is 18.9 Å². The third kappa shape index (κ3) is 7.99. The number of anilines is 1. The third-order valence-electron chi connectivity index (χ3n) is 7.50. The zero-order valence-electron chi connectivity index (χ0n) is 23.1. The van der Waals surface area contributed by atoms with Gasteiger partial charge in [0.25, 0.3) is 10.0 Å². The Kier molecular flexibility index (Phi) is 9.28. The number of amides is 1. The average molecular weight is 583 g/mol. The van der Waals surface area contributed by atoms with Crippen molar-refractivity contribution in [1.29, 1.82) is 0 Å². The van der Waals surface area contributed by atoms with Gasteiger partial charge >= 0.3 is 12.1 Å². The van der Waals surface area contributed by atoms with Gasteiger partial charge in [0.15, 0.2) is 0 Å². The van der Waals surface area contributed by atoms with E-state index < -0.39 is 27.6 Å². The standard InChI is InChI=1S/C27H36N2O3S.C2HF3O2/c1-19-5-11-22(12-6-19)28-25(30)27(17-18-27)21-7-13-23(14-8-21)29-33(31,32)24-15-9-20(10-16-24)26(2,3)4;3-2(4,5)1(6)7/h7-10,13-16,19,22,29H,5-6,11-12,17-18H2,1-4H3,(H,28,30);(H,6,7). The normalized spacial score (nSPS) is 20.5. The Morgan fingerprint density at radius 3 is 1.82 bits per heavy atom. The molecule has 2 fully saturated rings. The second-order valence-electron chi connectivity index (χ2n) is 11.8. The summed E-state index contributed by atoms with van der Waals surface area (Å²) in [6.07, 6.45) is 1.05. The molecule has 7 nitrogen and oxygen atoms in total. The van der Waals surface area contributed by atoms with Crippen LogP contribution in [0.25, 0.3) is 0 Å². The molecule has 2 aromatic carbocycles. The molecule has 2 aliphatic carbocycles. The molecular formula is C29H37F3N2O5S. The summed E-state index contributed by atoms with van der Waals surface area (Å²) in [4.78, 5) is 22.2. The van der Waals surface area contributed by atoms with Crippen LogP contribution < -0.4 is 10.0 Å². The quantitative estimate of drug-likeness (QED) is 0.379. The van der Waals surface area contributed by atoms with E-state index in [1.54, 1.807) is 24.3 Å². The molecule has 2 saturated carbocycles. The Morgan fingerprint density at radius 1 is 0.900 bits per heavy atom. The molecular weight excluding hydrogens is 545 g/mol. The topological polar surface area (TPSA) is 113 Å². The van der Waals surface area contributed by atoms with Crippen LogP contribution >= 0.6 is 0 Å².